The van der Waals surface area contributed by atoms with Crippen molar-refractivity contribution in [1.82, 2.24) is 0 Å². The summed E-state index contributed by atoms with van der Waals surface area (Å²) < 4.78 is 15.4. The molecule has 0 amide bonds. The summed E-state index contributed by atoms with van der Waals surface area (Å²) in [7, 11) is 2.93. The van der Waals surface area contributed by atoms with Crippen LogP contribution < -0.4 is 14.2 Å². The van der Waals surface area contributed by atoms with E-state index >= 15 is 0 Å². The third-order valence-corrected chi connectivity index (χ3v) is 3.02. The van der Waals surface area contributed by atoms with Crippen molar-refractivity contribution in [3.05, 3.63) is 47.5 Å². The first-order chi connectivity index (χ1) is 10.1. The van der Waals surface area contributed by atoms with Gasteiger partial charge in [-0.3, -0.25) is 0 Å². The third kappa shape index (κ3) is 3.08. The number of ether oxygens (including phenoxy) is 3. The van der Waals surface area contributed by atoms with E-state index in [0.717, 1.165) is 5.56 Å². The highest BCUT2D eigenvalue weighted by Crippen LogP contribution is 2.31. The van der Waals surface area contributed by atoms with Crippen molar-refractivity contribution in [1.29, 1.82) is 0 Å². The summed E-state index contributed by atoms with van der Waals surface area (Å²) in [5, 5.41) is 9.69. The van der Waals surface area contributed by atoms with E-state index in [1.54, 1.807) is 31.2 Å². The van der Waals surface area contributed by atoms with Gasteiger partial charge in [0.05, 0.1) is 14.2 Å². The van der Waals surface area contributed by atoms with Crippen LogP contribution in [0, 0.1) is 6.92 Å². The van der Waals surface area contributed by atoms with Gasteiger partial charge < -0.3 is 19.3 Å². The van der Waals surface area contributed by atoms with E-state index in [2.05, 4.69) is 0 Å². The van der Waals surface area contributed by atoms with Crippen LogP contribution in [0.25, 0.3) is 0 Å². The molecule has 21 heavy (non-hydrogen) atoms. The summed E-state index contributed by atoms with van der Waals surface area (Å²) in [6.07, 6.45) is 0. The molecule has 0 bridgehead atoms. The van der Waals surface area contributed by atoms with Crippen LogP contribution in [0.4, 0.5) is 0 Å². The lowest BCUT2D eigenvalue weighted by molar-refractivity contribution is 0.0730. The van der Waals surface area contributed by atoms with Gasteiger partial charge in [0.2, 0.25) is 0 Å². The number of carbonyl (C=O) groups excluding carboxylic acids is 1. The number of carbonyl (C=O) groups is 1. The summed E-state index contributed by atoms with van der Waals surface area (Å²) in [5.74, 6) is 0.332. The molecule has 0 aliphatic carbocycles. The zero-order valence-corrected chi connectivity index (χ0v) is 12.0. The molecule has 2 rings (SSSR count). The van der Waals surface area contributed by atoms with Gasteiger partial charge in [0.15, 0.2) is 11.5 Å². The van der Waals surface area contributed by atoms with Crippen molar-refractivity contribution < 1.29 is 24.1 Å². The van der Waals surface area contributed by atoms with Crippen LogP contribution in [0.15, 0.2) is 36.4 Å². The molecule has 0 saturated carbocycles. The number of phenolic OH excluding ortho intramolecular Hbond substituents is 1. The van der Waals surface area contributed by atoms with Gasteiger partial charge in [0.25, 0.3) is 0 Å². The molecule has 0 aliphatic rings. The molecular formula is C16H16O5. The van der Waals surface area contributed by atoms with E-state index in [-0.39, 0.29) is 11.5 Å². The highest BCUT2D eigenvalue weighted by atomic mass is 16.5. The average Bonchev–Trinajstić information content (AvgIpc) is 2.46. The van der Waals surface area contributed by atoms with Crippen molar-refractivity contribution in [2.24, 2.45) is 0 Å². The smallest absolute Gasteiger partial charge is 0.347 e. The van der Waals surface area contributed by atoms with E-state index in [1.807, 2.05) is 0 Å². The van der Waals surface area contributed by atoms with E-state index in [4.69, 9.17) is 14.2 Å². The molecule has 5 heteroatoms. The average molecular weight is 288 g/mol. The second-order valence-electron chi connectivity index (χ2n) is 4.38. The fourth-order valence-electron chi connectivity index (χ4n) is 1.96. The van der Waals surface area contributed by atoms with Gasteiger partial charge in [-0.25, -0.2) is 4.79 Å². The number of rotatable bonds is 4. The quantitative estimate of drug-likeness (QED) is 0.692. The number of esters is 1. The number of benzene rings is 2. The summed E-state index contributed by atoms with van der Waals surface area (Å²) in [5.41, 5.74) is 1.10. The fourth-order valence-corrected chi connectivity index (χ4v) is 1.96. The van der Waals surface area contributed by atoms with Crippen molar-refractivity contribution in [2.75, 3.05) is 14.2 Å². The highest BCUT2D eigenvalue weighted by Gasteiger charge is 2.17. The summed E-state index contributed by atoms with van der Waals surface area (Å²) in [6, 6.07) is 9.67. The maximum atomic E-state index is 12.3. The molecule has 0 radical (unpaired) electrons. The Balaban J connectivity index is 2.28. The Morgan fingerprint density at radius 1 is 1.05 bits per heavy atom. The van der Waals surface area contributed by atoms with E-state index in [9.17, 15) is 9.90 Å². The first kappa shape index (κ1) is 14.7. The van der Waals surface area contributed by atoms with Crippen molar-refractivity contribution in [2.45, 2.75) is 6.92 Å². The molecule has 0 fully saturated rings. The predicted molar refractivity (Wildman–Crippen MR) is 77.3 cm³/mol. The van der Waals surface area contributed by atoms with Crippen LogP contribution >= 0.6 is 0 Å². The second-order valence-corrected chi connectivity index (χ2v) is 4.38. The van der Waals surface area contributed by atoms with E-state index in [1.165, 1.54) is 26.4 Å². The molecule has 2 aromatic rings. The molecule has 0 heterocycles. The van der Waals surface area contributed by atoms with Gasteiger partial charge in [0, 0.05) is 6.07 Å². The van der Waals surface area contributed by atoms with Crippen LogP contribution in [0.2, 0.25) is 0 Å². The molecule has 0 unspecified atom stereocenters. The molecule has 0 atom stereocenters. The molecule has 5 nitrogen and oxygen atoms in total. The predicted octanol–water partition coefficient (Wildman–Crippen LogP) is 2.94. The number of methoxy groups -OCH3 is 2. The summed E-state index contributed by atoms with van der Waals surface area (Å²) in [4.78, 5) is 12.3. The van der Waals surface area contributed by atoms with E-state index < -0.39 is 5.97 Å². The summed E-state index contributed by atoms with van der Waals surface area (Å²) in [6.45, 7) is 1.80. The third-order valence-electron chi connectivity index (χ3n) is 3.02. The standard InChI is InChI=1S/C16H16O5/c1-10-5-4-6-14(20-3)15(10)16(18)21-11-7-8-13(19-2)12(17)9-11/h4-9,17H,1-3H3. The van der Waals surface area contributed by atoms with Gasteiger partial charge in [-0.15, -0.1) is 0 Å². The van der Waals surface area contributed by atoms with E-state index in [0.29, 0.717) is 17.1 Å². The molecular weight excluding hydrogens is 272 g/mol. The van der Waals surface area contributed by atoms with Gasteiger partial charge in [-0.1, -0.05) is 12.1 Å². The largest absolute Gasteiger partial charge is 0.504 e. The van der Waals surface area contributed by atoms with Gasteiger partial charge in [-0.2, -0.15) is 0 Å². The van der Waals surface area contributed by atoms with Crippen LogP contribution in [0.3, 0.4) is 0 Å². The molecule has 2 aromatic carbocycles. The minimum absolute atomic E-state index is 0.0976. The number of aromatic hydroxyl groups is 1. The topological polar surface area (TPSA) is 65.0 Å². The van der Waals surface area contributed by atoms with Crippen molar-refractivity contribution >= 4 is 5.97 Å². The lowest BCUT2D eigenvalue weighted by Gasteiger charge is -2.11. The van der Waals surface area contributed by atoms with Crippen LogP contribution in [-0.2, 0) is 0 Å². The maximum Gasteiger partial charge on any atom is 0.347 e. The number of aryl methyl sites for hydroxylation is 1. The first-order valence-electron chi connectivity index (χ1n) is 6.29. The minimum Gasteiger partial charge on any atom is -0.504 e. The fraction of sp³-hybridized carbons (Fsp3) is 0.188. The Bertz CT molecular complexity index is 664. The number of hydrogen-bond donors (Lipinski definition) is 1. The lowest BCUT2D eigenvalue weighted by Crippen LogP contribution is -2.12. The Labute approximate surface area is 122 Å². The van der Waals surface area contributed by atoms with Crippen LogP contribution in [0.5, 0.6) is 23.0 Å². The van der Waals surface area contributed by atoms with Crippen molar-refractivity contribution in [3.8, 4) is 23.0 Å². The molecule has 0 aliphatic heterocycles. The molecule has 1 N–H and O–H groups in total. The Morgan fingerprint density at radius 3 is 2.38 bits per heavy atom. The normalized spacial score (nSPS) is 10.0. The Morgan fingerprint density at radius 2 is 1.76 bits per heavy atom. The number of phenols is 1. The summed E-state index contributed by atoms with van der Waals surface area (Å²) >= 11 is 0. The molecule has 110 valence electrons. The zero-order chi connectivity index (χ0) is 15.4. The SMILES string of the molecule is COc1ccc(OC(=O)c2c(C)cccc2OC)cc1O. The Kier molecular flexibility index (Phi) is 4.33. The molecule has 0 saturated heterocycles. The van der Waals surface area contributed by atoms with Crippen LogP contribution in [-0.4, -0.2) is 25.3 Å². The molecule has 0 spiro atoms. The first-order valence-corrected chi connectivity index (χ1v) is 6.29. The number of hydrogen-bond acceptors (Lipinski definition) is 5. The zero-order valence-electron chi connectivity index (χ0n) is 12.0. The maximum absolute atomic E-state index is 12.3. The van der Waals surface area contributed by atoms with Gasteiger partial charge in [0.1, 0.15) is 17.1 Å². The monoisotopic (exact) mass is 288 g/mol. The Hall–Kier alpha value is -2.69. The minimum atomic E-state index is -0.547. The van der Waals surface area contributed by atoms with Crippen molar-refractivity contribution in [3.63, 3.8) is 0 Å². The molecule has 0 aromatic heterocycles. The van der Waals surface area contributed by atoms with Crippen LogP contribution in [0.1, 0.15) is 15.9 Å². The highest BCUT2D eigenvalue weighted by molar-refractivity contribution is 5.95. The van der Waals surface area contributed by atoms with Gasteiger partial charge >= 0.3 is 5.97 Å². The van der Waals surface area contributed by atoms with Gasteiger partial charge in [-0.05, 0) is 30.7 Å². The lowest BCUT2D eigenvalue weighted by atomic mass is 10.1. The second kappa shape index (κ2) is 6.17.